The van der Waals surface area contributed by atoms with Gasteiger partial charge >= 0.3 is 0 Å². The molecule has 3 saturated heterocycles. The minimum Gasteiger partial charge on any atom is -0.301 e. The average Bonchev–Trinajstić information content (AvgIpc) is 2.97. The van der Waals surface area contributed by atoms with E-state index in [1.165, 1.54) is 24.3 Å². The van der Waals surface area contributed by atoms with Gasteiger partial charge in [0.05, 0.1) is 12.5 Å². The molecule has 3 unspecified atom stereocenters. The fraction of sp³-hybridized carbons (Fsp3) is 0.857. The third kappa shape index (κ3) is 2.19. The zero-order valence-electron chi connectivity index (χ0n) is 11.8. The Morgan fingerprint density at radius 2 is 2.00 bits per heavy atom. The summed E-state index contributed by atoms with van der Waals surface area (Å²) < 4.78 is 0. The first-order valence-corrected chi connectivity index (χ1v) is 7.44. The molecule has 5 nitrogen and oxygen atoms in total. The number of carbonyl (C=O) groups is 2. The topological polar surface area (TPSA) is 52.7 Å². The van der Waals surface area contributed by atoms with E-state index >= 15 is 0 Å². The van der Waals surface area contributed by atoms with Gasteiger partial charge in [0.2, 0.25) is 11.8 Å². The Morgan fingerprint density at radius 3 is 2.68 bits per heavy atom. The van der Waals surface area contributed by atoms with Gasteiger partial charge in [0.1, 0.15) is 0 Å². The summed E-state index contributed by atoms with van der Waals surface area (Å²) in [6.45, 7) is 6.11. The van der Waals surface area contributed by atoms with Crippen molar-refractivity contribution in [2.45, 2.75) is 63.7 Å². The van der Waals surface area contributed by atoms with Crippen LogP contribution in [0.3, 0.4) is 0 Å². The van der Waals surface area contributed by atoms with Crippen LogP contribution in [0.5, 0.6) is 0 Å². The van der Waals surface area contributed by atoms with E-state index in [1.807, 2.05) is 13.8 Å². The number of likely N-dealkylation sites (tertiary alicyclic amines) is 1. The molecule has 3 aliphatic heterocycles. The van der Waals surface area contributed by atoms with Gasteiger partial charge in [-0.15, -0.1) is 0 Å². The van der Waals surface area contributed by atoms with Crippen LogP contribution in [0.1, 0.15) is 39.5 Å². The second-order valence-electron chi connectivity index (χ2n) is 6.26. The van der Waals surface area contributed by atoms with E-state index in [4.69, 9.17) is 0 Å². The molecule has 3 heterocycles. The van der Waals surface area contributed by atoms with Crippen LogP contribution in [0.15, 0.2) is 0 Å². The summed E-state index contributed by atoms with van der Waals surface area (Å²) >= 11 is 0. The van der Waals surface area contributed by atoms with Crippen molar-refractivity contribution in [2.75, 3.05) is 13.1 Å². The standard InChI is InChI=1S/C14H23N3O2/c1-9(2)17-13(18)8-11(14(17)19)15-10-5-7-16-6-3-4-12(10)16/h9-12,15H,3-8H2,1-2H3. The molecular weight excluding hydrogens is 242 g/mol. The lowest BCUT2D eigenvalue weighted by atomic mass is 10.0. The van der Waals surface area contributed by atoms with E-state index in [-0.39, 0.29) is 23.9 Å². The Balaban J connectivity index is 1.65. The molecule has 19 heavy (non-hydrogen) atoms. The summed E-state index contributed by atoms with van der Waals surface area (Å²) in [5.74, 6) is -0.0600. The highest BCUT2D eigenvalue weighted by molar-refractivity contribution is 6.05. The monoisotopic (exact) mass is 265 g/mol. The summed E-state index contributed by atoms with van der Waals surface area (Å²) in [5.41, 5.74) is 0. The average molecular weight is 265 g/mol. The highest BCUT2D eigenvalue weighted by Gasteiger charge is 2.44. The Labute approximate surface area is 114 Å². The number of nitrogens with zero attached hydrogens (tertiary/aromatic N) is 2. The predicted molar refractivity (Wildman–Crippen MR) is 71.5 cm³/mol. The van der Waals surface area contributed by atoms with Crippen molar-refractivity contribution in [3.63, 3.8) is 0 Å². The largest absolute Gasteiger partial charge is 0.301 e. The van der Waals surface area contributed by atoms with Crippen molar-refractivity contribution < 1.29 is 9.59 Å². The van der Waals surface area contributed by atoms with Crippen LogP contribution in [-0.4, -0.2) is 58.9 Å². The van der Waals surface area contributed by atoms with Crippen molar-refractivity contribution in [1.82, 2.24) is 15.1 Å². The van der Waals surface area contributed by atoms with E-state index in [0.29, 0.717) is 18.5 Å². The van der Waals surface area contributed by atoms with Gasteiger partial charge < -0.3 is 5.32 Å². The lowest BCUT2D eigenvalue weighted by molar-refractivity contribution is -0.140. The summed E-state index contributed by atoms with van der Waals surface area (Å²) in [5, 5.41) is 3.46. The van der Waals surface area contributed by atoms with Gasteiger partial charge in [-0.05, 0) is 39.7 Å². The van der Waals surface area contributed by atoms with E-state index in [2.05, 4.69) is 10.2 Å². The molecule has 0 aromatic carbocycles. The maximum atomic E-state index is 12.3. The second kappa shape index (κ2) is 4.87. The molecule has 106 valence electrons. The highest BCUT2D eigenvalue weighted by Crippen LogP contribution is 2.29. The van der Waals surface area contributed by atoms with Crippen LogP contribution >= 0.6 is 0 Å². The maximum Gasteiger partial charge on any atom is 0.247 e. The number of hydrogen-bond donors (Lipinski definition) is 1. The minimum atomic E-state index is -0.291. The fourth-order valence-corrected chi connectivity index (χ4v) is 3.86. The third-order valence-electron chi connectivity index (χ3n) is 4.72. The van der Waals surface area contributed by atoms with Crippen LogP contribution in [0.25, 0.3) is 0 Å². The van der Waals surface area contributed by atoms with Crippen molar-refractivity contribution in [2.24, 2.45) is 0 Å². The van der Waals surface area contributed by atoms with Gasteiger partial charge in [0.15, 0.2) is 0 Å². The first kappa shape index (κ1) is 13.1. The number of nitrogens with one attached hydrogen (secondary N) is 1. The van der Waals surface area contributed by atoms with Gasteiger partial charge in [-0.2, -0.15) is 0 Å². The Hall–Kier alpha value is -0.940. The van der Waals surface area contributed by atoms with Crippen molar-refractivity contribution in [3.8, 4) is 0 Å². The molecule has 0 radical (unpaired) electrons. The molecule has 2 amide bonds. The zero-order chi connectivity index (χ0) is 13.6. The molecule has 5 heteroatoms. The molecular formula is C14H23N3O2. The quantitative estimate of drug-likeness (QED) is 0.748. The summed E-state index contributed by atoms with van der Waals surface area (Å²) in [4.78, 5) is 28.1. The lowest BCUT2D eigenvalue weighted by Gasteiger charge is -2.24. The van der Waals surface area contributed by atoms with E-state index in [1.54, 1.807) is 0 Å². The van der Waals surface area contributed by atoms with Crippen molar-refractivity contribution in [3.05, 3.63) is 0 Å². The number of hydrogen-bond acceptors (Lipinski definition) is 4. The molecule has 3 fully saturated rings. The Bertz CT molecular complexity index is 396. The number of fused-ring (bicyclic) bond motifs is 1. The molecule has 3 atom stereocenters. The van der Waals surface area contributed by atoms with Crippen molar-refractivity contribution in [1.29, 1.82) is 0 Å². The Morgan fingerprint density at radius 1 is 1.21 bits per heavy atom. The Kier molecular flexibility index (Phi) is 3.35. The molecule has 0 bridgehead atoms. The molecule has 0 spiro atoms. The summed E-state index contributed by atoms with van der Waals surface area (Å²) in [6.07, 6.45) is 3.92. The van der Waals surface area contributed by atoms with Gasteiger partial charge in [-0.25, -0.2) is 0 Å². The minimum absolute atomic E-state index is 0.0289. The molecule has 1 N–H and O–H groups in total. The highest BCUT2D eigenvalue weighted by atomic mass is 16.2. The van der Waals surface area contributed by atoms with Crippen LogP contribution < -0.4 is 5.32 Å². The number of imide groups is 1. The van der Waals surface area contributed by atoms with Crippen LogP contribution in [0.4, 0.5) is 0 Å². The SMILES string of the molecule is CC(C)N1C(=O)CC(NC2CCN3CCCC23)C1=O. The fourth-order valence-electron chi connectivity index (χ4n) is 3.86. The van der Waals surface area contributed by atoms with Gasteiger partial charge in [0.25, 0.3) is 0 Å². The zero-order valence-corrected chi connectivity index (χ0v) is 11.8. The lowest BCUT2D eigenvalue weighted by Crippen LogP contribution is -2.48. The van der Waals surface area contributed by atoms with Gasteiger partial charge in [0, 0.05) is 24.7 Å². The summed E-state index contributed by atoms with van der Waals surface area (Å²) in [6, 6.07) is 0.645. The smallest absolute Gasteiger partial charge is 0.247 e. The van der Waals surface area contributed by atoms with Crippen LogP contribution in [0, 0.1) is 0 Å². The first-order chi connectivity index (χ1) is 9.08. The van der Waals surface area contributed by atoms with E-state index in [9.17, 15) is 9.59 Å². The molecule has 0 aromatic rings. The molecule has 0 aliphatic carbocycles. The van der Waals surface area contributed by atoms with Crippen LogP contribution in [0.2, 0.25) is 0 Å². The molecule has 0 saturated carbocycles. The number of rotatable bonds is 3. The molecule has 3 rings (SSSR count). The number of carbonyl (C=O) groups excluding carboxylic acids is 2. The number of amides is 2. The van der Waals surface area contributed by atoms with E-state index in [0.717, 1.165) is 13.0 Å². The second-order valence-corrected chi connectivity index (χ2v) is 6.26. The predicted octanol–water partition coefficient (Wildman–Crippen LogP) is 0.349. The normalized spacial score (nSPS) is 35.7. The third-order valence-corrected chi connectivity index (χ3v) is 4.72. The molecule has 0 aromatic heterocycles. The molecule has 3 aliphatic rings. The van der Waals surface area contributed by atoms with Crippen LogP contribution in [-0.2, 0) is 9.59 Å². The first-order valence-electron chi connectivity index (χ1n) is 7.44. The maximum absolute atomic E-state index is 12.3. The van der Waals surface area contributed by atoms with Crippen molar-refractivity contribution >= 4 is 11.8 Å². The van der Waals surface area contributed by atoms with Gasteiger partial charge in [-0.1, -0.05) is 0 Å². The van der Waals surface area contributed by atoms with Gasteiger partial charge in [-0.3, -0.25) is 19.4 Å². The summed E-state index contributed by atoms with van der Waals surface area (Å²) in [7, 11) is 0. The van der Waals surface area contributed by atoms with E-state index < -0.39 is 0 Å².